The largest absolute Gasteiger partial charge is 0.314 e. The predicted molar refractivity (Wildman–Crippen MR) is 56.9 cm³/mol. The second-order valence-electron chi connectivity index (χ2n) is 3.87. The summed E-state index contributed by atoms with van der Waals surface area (Å²) in [4.78, 5) is 2.21. The molecule has 0 aromatic carbocycles. The van der Waals surface area contributed by atoms with E-state index < -0.39 is 0 Å². The second kappa shape index (κ2) is 4.49. The number of nitrogens with zero attached hydrogens (tertiary/aromatic N) is 1. The van der Waals surface area contributed by atoms with Crippen molar-refractivity contribution in [2.45, 2.75) is 17.6 Å². The van der Waals surface area contributed by atoms with Crippen LogP contribution in [0.2, 0.25) is 0 Å². The smallest absolute Gasteiger partial charge is 0.0282 e. The molecular weight excluding hydrogens is 168 g/mol. The van der Waals surface area contributed by atoms with Gasteiger partial charge in [0.1, 0.15) is 0 Å². The summed E-state index contributed by atoms with van der Waals surface area (Å²) < 4.78 is 0.617. The number of thioether (sulfide) groups is 1. The van der Waals surface area contributed by atoms with Crippen LogP contribution < -0.4 is 5.32 Å². The molecule has 0 amide bonds. The Labute approximate surface area is 80.1 Å². The molecule has 0 radical (unpaired) electrons. The monoisotopic (exact) mass is 188 g/mol. The van der Waals surface area contributed by atoms with E-state index in [0.29, 0.717) is 4.75 Å². The predicted octanol–water partition coefficient (Wildman–Crippen LogP) is 1.03. The average Bonchev–Trinajstić information content (AvgIpc) is 2.79. The summed E-state index contributed by atoms with van der Waals surface area (Å²) in [6, 6.07) is 0. The summed E-state index contributed by atoms with van der Waals surface area (Å²) in [6.45, 7) is 3.46. The third-order valence-corrected chi connectivity index (χ3v) is 3.84. The lowest BCUT2D eigenvalue weighted by molar-refractivity contribution is 0.400. The van der Waals surface area contributed by atoms with Crippen LogP contribution in [0.5, 0.6) is 0 Å². The minimum absolute atomic E-state index is 0.617. The van der Waals surface area contributed by atoms with Crippen molar-refractivity contribution in [3.05, 3.63) is 0 Å². The number of likely N-dealkylation sites (N-methyl/N-ethyl adjacent to an activating group) is 1. The van der Waals surface area contributed by atoms with Gasteiger partial charge in [-0.3, -0.25) is 0 Å². The van der Waals surface area contributed by atoms with Crippen LogP contribution in [-0.4, -0.2) is 49.6 Å². The first-order valence-electron chi connectivity index (χ1n) is 4.59. The lowest BCUT2D eigenvalue weighted by Crippen LogP contribution is -2.32. The summed E-state index contributed by atoms with van der Waals surface area (Å²) in [5, 5.41) is 3.51. The lowest BCUT2D eigenvalue weighted by Gasteiger charge is -2.14. The molecule has 0 heterocycles. The second-order valence-corrected chi connectivity index (χ2v) is 5.14. The van der Waals surface area contributed by atoms with Gasteiger partial charge in [-0.05, 0) is 33.2 Å². The molecule has 0 atom stereocenters. The number of rotatable bonds is 6. The average molecular weight is 188 g/mol. The molecule has 1 fully saturated rings. The quantitative estimate of drug-likeness (QED) is 0.627. The molecule has 1 saturated carbocycles. The van der Waals surface area contributed by atoms with Crippen molar-refractivity contribution >= 4 is 11.8 Å². The zero-order valence-electron chi connectivity index (χ0n) is 8.39. The van der Waals surface area contributed by atoms with Crippen LogP contribution in [0.4, 0.5) is 0 Å². The van der Waals surface area contributed by atoms with Crippen LogP contribution in [0.25, 0.3) is 0 Å². The topological polar surface area (TPSA) is 15.3 Å². The number of hydrogen-bond donors (Lipinski definition) is 1. The Morgan fingerprint density at radius 2 is 2.08 bits per heavy atom. The standard InChI is InChI=1S/C9H20N2S/c1-11(2)7-6-10-8-9(12-3)4-5-9/h10H,4-8H2,1-3H3. The van der Waals surface area contributed by atoms with Gasteiger partial charge < -0.3 is 10.2 Å². The minimum Gasteiger partial charge on any atom is -0.314 e. The fourth-order valence-corrected chi connectivity index (χ4v) is 1.97. The van der Waals surface area contributed by atoms with Gasteiger partial charge in [0, 0.05) is 24.4 Å². The summed E-state index contributed by atoms with van der Waals surface area (Å²) in [5.74, 6) is 0. The maximum absolute atomic E-state index is 3.51. The Morgan fingerprint density at radius 3 is 2.50 bits per heavy atom. The van der Waals surface area contributed by atoms with E-state index in [0.717, 1.165) is 13.1 Å². The van der Waals surface area contributed by atoms with E-state index >= 15 is 0 Å². The van der Waals surface area contributed by atoms with E-state index in [1.807, 2.05) is 11.8 Å². The summed E-state index contributed by atoms with van der Waals surface area (Å²) in [6.07, 6.45) is 5.03. The molecule has 0 aromatic rings. The Balaban J connectivity index is 1.95. The highest BCUT2D eigenvalue weighted by Gasteiger charge is 2.41. The summed E-state index contributed by atoms with van der Waals surface area (Å²) in [5.41, 5.74) is 0. The van der Waals surface area contributed by atoms with E-state index in [1.54, 1.807) is 0 Å². The van der Waals surface area contributed by atoms with Gasteiger partial charge in [0.15, 0.2) is 0 Å². The molecule has 0 aromatic heterocycles. The lowest BCUT2D eigenvalue weighted by atomic mass is 10.4. The molecule has 1 aliphatic carbocycles. The van der Waals surface area contributed by atoms with E-state index in [1.165, 1.54) is 19.4 Å². The van der Waals surface area contributed by atoms with E-state index in [-0.39, 0.29) is 0 Å². The molecule has 0 unspecified atom stereocenters. The normalized spacial score (nSPS) is 20.0. The fourth-order valence-electron chi connectivity index (χ4n) is 1.21. The third kappa shape index (κ3) is 3.33. The van der Waals surface area contributed by atoms with E-state index in [9.17, 15) is 0 Å². The third-order valence-electron chi connectivity index (χ3n) is 2.42. The zero-order chi connectivity index (χ0) is 9.03. The van der Waals surface area contributed by atoms with Crippen molar-refractivity contribution in [3.8, 4) is 0 Å². The molecule has 3 heteroatoms. The van der Waals surface area contributed by atoms with Gasteiger partial charge in [-0.15, -0.1) is 0 Å². The van der Waals surface area contributed by atoms with Gasteiger partial charge in [0.2, 0.25) is 0 Å². The van der Waals surface area contributed by atoms with Crippen LogP contribution in [0.15, 0.2) is 0 Å². The van der Waals surface area contributed by atoms with Crippen LogP contribution in [0.3, 0.4) is 0 Å². The van der Waals surface area contributed by atoms with E-state index in [4.69, 9.17) is 0 Å². The van der Waals surface area contributed by atoms with Crippen molar-refractivity contribution in [1.82, 2.24) is 10.2 Å². The maximum Gasteiger partial charge on any atom is 0.0282 e. The van der Waals surface area contributed by atoms with Crippen LogP contribution in [0, 0.1) is 0 Å². The molecule has 0 saturated heterocycles. The van der Waals surface area contributed by atoms with Crippen molar-refractivity contribution in [2.75, 3.05) is 40.0 Å². The first-order chi connectivity index (χ1) is 5.68. The van der Waals surface area contributed by atoms with Crippen LogP contribution >= 0.6 is 11.8 Å². The molecule has 0 spiro atoms. The molecular formula is C9H20N2S. The summed E-state index contributed by atoms with van der Waals surface area (Å²) in [7, 11) is 4.23. The Bertz CT molecular complexity index is 132. The molecule has 1 N–H and O–H groups in total. The minimum atomic E-state index is 0.617. The molecule has 1 aliphatic rings. The first kappa shape index (κ1) is 10.4. The Kier molecular flexibility index (Phi) is 3.87. The van der Waals surface area contributed by atoms with Gasteiger partial charge in [-0.2, -0.15) is 11.8 Å². The fraction of sp³-hybridized carbons (Fsp3) is 1.00. The maximum atomic E-state index is 3.51. The number of nitrogens with one attached hydrogen (secondary N) is 1. The number of hydrogen-bond acceptors (Lipinski definition) is 3. The van der Waals surface area contributed by atoms with Gasteiger partial charge in [-0.1, -0.05) is 0 Å². The highest BCUT2D eigenvalue weighted by Crippen LogP contribution is 2.46. The van der Waals surface area contributed by atoms with Gasteiger partial charge >= 0.3 is 0 Å². The van der Waals surface area contributed by atoms with Crippen molar-refractivity contribution in [3.63, 3.8) is 0 Å². The molecule has 0 aliphatic heterocycles. The van der Waals surface area contributed by atoms with Crippen molar-refractivity contribution in [1.29, 1.82) is 0 Å². The molecule has 2 nitrogen and oxygen atoms in total. The van der Waals surface area contributed by atoms with Crippen LogP contribution in [0.1, 0.15) is 12.8 Å². The van der Waals surface area contributed by atoms with E-state index in [2.05, 4.69) is 30.6 Å². The first-order valence-corrected chi connectivity index (χ1v) is 5.82. The molecule has 12 heavy (non-hydrogen) atoms. The van der Waals surface area contributed by atoms with Gasteiger partial charge in [-0.25, -0.2) is 0 Å². The molecule has 72 valence electrons. The van der Waals surface area contributed by atoms with Crippen molar-refractivity contribution in [2.24, 2.45) is 0 Å². The zero-order valence-corrected chi connectivity index (χ0v) is 9.21. The summed E-state index contributed by atoms with van der Waals surface area (Å²) >= 11 is 2.02. The highest BCUT2D eigenvalue weighted by molar-refractivity contribution is 8.00. The Hall–Kier alpha value is 0.270. The molecule has 1 rings (SSSR count). The molecule has 0 bridgehead atoms. The highest BCUT2D eigenvalue weighted by atomic mass is 32.2. The van der Waals surface area contributed by atoms with Crippen molar-refractivity contribution < 1.29 is 0 Å². The van der Waals surface area contributed by atoms with Gasteiger partial charge in [0.25, 0.3) is 0 Å². The van der Waals surface area contributed by atoms with Crippen LogP contribution in [-0.2, 0) is 0 Å². The SMILES string of the molecule is CSC1(CNCCN(C)C)CC1. The van der Waals surface area contributed by atoms with Gasteiger partial charge in [0.05, 0.1) is 0 Å². The Morgan fingerprint density at radius 1 is 1.42 bits per heavy atom.